The molecule has 0 spiro atoms. The summed E-state index contributed by atoms with van der Waals surface area (Å²) in [7, 11) is -2.13. The van der Waals surface area contributed by atoms with E-state index in [0.29, 0.717) is 6.54 Å². The third-order valence-electron chi connectivity index (χ3n) is 4.88. The van der Waals surface area contributed by atoms with E-state index in [1.54, 1.807) is 0 Å². The van der Waals surface area contributed by atoms with Gasteiger partial charge in [0.05, 0.1) is 15.5 Å². The van der Waals surface area contributed by atoms with Crippen molar-refractivity contribution < 1.29 is 13.3 Å². The summed E-state index contributed by atoms with van der Waals surface area (Å²) in [6.07, 6.45) is 3.36. The van der Waals surface area contributed by atoms with Crippen LogP contribution in [0.5, 0.6) is 0 Å². The smallest absolute Gasteiger partial charge is 0.269 e. The Morgan fingerprint density at radius 1 is 1.03 bits per heavy atom. The number of hydrogen-bond donors (Lipinski definition) is 1. The molecule has 2 aromatic carbocycles. The maximum atomic E-state index is 12.6. The number of nitro benzene ring substituents is 1. The lowest BCUT2D eigenvalue weighted by atomic mass is 10.1. The minimum Gasteiger partial charge on any atom is -0.282 e. The molecule has 1 heterocycles. The average molecular weight is 429 g/mol. The van der Waals surface area contributed by atoms with Crippen LogP contribution in [0.15, 0.2) is 65.6 Å². The van der Waals surface area contributed by atoms with E-state index >= 15 is 0 Å². The molecule has 9 heteroatoms. The molecule has 3 aromatic rings. The van der Waals surface area contributed by atoms with Gasteiger partial charge in [-0.05, 0) is 37.5 Å². The number of aromatic amines is 1. The molecule has 0 saturated heterocycles. The number of non-ortho nitro benzene ring substituents is 1. The lowest BCUT2D eigenvalue weighted by Gasteiger charge is -2.17. The summed E-state index contributed by atoms with van der Waals surface area (Å²) in [6.45, 7) is 0.386. The molecule has 1 N–H and O–H groups in total. The SMILES string of the molecule is CN(CCCCCc1cc(-c2ccccc2)n[nH]1)S(=O)(=O)c1ccc([N+](=O)[O-])cc1. The van der Waals surface area contributed by atoms with E-state index in [4.69, 9.17) is 0 Å². The molecule has 3 rings (SSSR count). The van der Waals surface area contributed by atoms with Crippen molar-refractivity contribution in [3.05, 3.63) is 76.5 Å². The first kappa shape index (κ1) is 21.7. The van der Waals surface area contributed by atoms with E-state index in [2.05, 4.69) is 10.2 Å². The number of rotatable bonds is 10. The average Bonchev–Trinajstić information content (AvgIpc) is 3.23. The molecule has 0 amide bonds. The van der Waals surface area contributed by atoms with Crippen LogP contribution in [0.4, 0.5) is 5.69 Å². The number of unbranched alkanes of at least 4 members (excludes halogenated alkanes) is 2. The number of aromatic nitrogens is 2. The fourth-order valence-electron chi connectivity index (χ4n) is 3.11. The lowest BCUT2D eigenvalue weighted by Crippen LogP contribution is -2.28. The minimum atomic E-state index is -3.65. The van der Waals surface area contributed by atoms with Crippen molar-refractivity contribution in [1.29, 1.82) is 0 Å². The van der Waals surface area contributed by atoms with Crippen molar-refractivity contribution in [2.24, 2.45) is 0 Å². The summed E-state index contributed by atoms with van der Waals surface area (Å²) in [5, 5.41) is 18.1. The summed E-state index contributed by atoms with van der Waals surface area (Å²) in [5.74, 6) is 0. The second-order valence-corrected chi connectivity index (χ2v) is 9.08. The Labute approximate surface area is 175 Å². The molecule has 0 radical (unpaired) electrons. The largest absolute Gasteiger partial charge is 0.282 e. The Bertz CT molecular complexity index is 1080. The fourth-order valence-corrected chi connectivity index (χ4v) is 4.32. The Kier molecular flexibility index (Phi) is 6.96. The highest BCUT2D eigenvalue weighted by atomic mass is 32.2. The summed E-state index contributed by atoms with van der Waals surface area (Å²) in [6, 6.07) is 16.9. The maximum Gasteiger partial charge on any atom is 0.269 e. The standard InChI is InChI=1S/C21H24N4O4S/c1-24(30(28,29)20-13-11-19(12-14-20)25(26)27)15-7-3-6-10-18-16-21(23-22-18)17-8-4-2-5-9-17/h2,4-5,8-9,11-14,16H,3,6-7,10,15H2,1H3,(H,22,23). The van der Waals surface area contributed by atoms with Crippen molar-refractivity contribution in [1.82, 2.24) is 14.5 Å². The number of benzene rings is 2. The van der Waals surface area contributed by atoms with Crippen LogP contribution in [-0.4, -0.2) is 41.4 Å². The first-order valence-corrected chi connectivity index (χ1v) is 11.1. The van der Waals surface area contributed by atoms with Crippen LogP contribution < -0.4 is 0 Å². The van der Waals surface area contributed by atoms with E-state index in [9.17, 15) is 18.5 Å². The molecule has 0 fully saturated rings. The van der Waals surface area contributed by atoms with Gasteiger partial charge in [0.1, 0.15) is 0 Å². The first-order valence-electron chi connectivity index (χ1n) is 9.68. The van der Waals surface area contributed by atoms with E-state index in [1.165, 1.54) is 35.6 Å². The van der Waals surface area contributed by atoms with Crippen LogP contribution in [0.2, 0.25) is 0 Å². The molecule has 30 heavy (non-hydrogen) atoms. The van der Waals surface area contributed by atoms with Gasteiger partial charge in [0, 0.05) is 37.0 Å². The molecule has 0 saturated carbocycles. The second kappa shape index (κ2) is 9.64. The number of H-pyrrole nitrogens is 1. The molecule has 0 atom stereocenters. The van der Waals surface area contributed by atoms with Crippen molar-refractivity contribution in [2.75, 3.05) is 13.6 Å². The normalized spacial score (nSPS) is 11.7. The third-order valence-corrected chi connectivity index (χ3v) is 6.75. The van der Waals surface area contributed by atoms with Gasteiger partial charge in [0.25, 0.3) is 5.69 Å². The van der Waals surface area contributed by atoms with E-state index in [-0.39, 0.29) is 10.6 Å². The molecule has 0 bridgehead atoms. The van der Waals surface area contributed by atoms with E-state index in [0.717, 1.165) is 42.6 Å². The van der Waals surface area contributed by atoms with Crippen LogP contribution in [0.25, 0.3) is 11.3 Å². The number of nitro groups is 1. The minimum absolute atomic E-state index is 0.0569. The van der Waals surface area contributed by atoms with Crippen LogP contribution in [0.1, 0.15) is 25.0 Å². The number of aryl methyl sites for hydroxylation is 1. The molecule has 0 unspecified atom stereocenters. The van der Waals surface area contributed by atoms with Gasteiger partial charge in [0.2, 0.25) is 10.0 Å². The van der Waals surface area contributed by atoms with Gasteiger partial charge < -0.3 is 0 Å². The van der Waals surface area contributed by atoms with Crippen molar-refractivity contribution in [2.45, 2.75) is 30.6 Å². The summed E-state index contributed by atoms with van der Waals surface area (Å²) in [5.41, 5.74) is 2.91. The van der Waals surface area contributed by atoms with Gasteiger partial charge in [-0.3, -0.25) is 15.2 Å². The van der Waals surface area contributed by atoms with Crippen molar-refractivity contribution >= 4 is 15.7 Å². The Hall–Kier alpha value is -3.04. The predicted molar refractivity (Wildman–Crippen MR) is 114 cm³/mol. The highest BCUT2D eigenvalue weighted by Gasteiger charge is 2.21. The van der Waals surface area contributed by atoms with Crippen LogP contribution in [0, 0.1) is 10.1 Å². The summed E-state index contributed by atoms with van der Waals surface area (Å²) >= 11 is 0. The fraction of sp³-hybridized carbons (Fsp3) is 0.286. The summed E-state index contributed by atoms with van der Waals surface area (Å²) in [4.78, 5) is 10.2. The van der Waals surface area contributed by atoms with Gasteiger partial charge in [-0.25, -0.2) is 12.7 Å². The van der Waals surface area contributed by atoms with Crippen LogP contribution in [-0.2, 0) is 16.4 Å². The number of nitrogens with one attached hydrogen (secondary N) is 1. The molecule has 0 aliphatic rings. The predicted octanol–water partition coefficient (Wildman–Crippen LogP) is 4.02. The zero-order valence-corrected chi connectivity index (χ0v) is 17.5. The Morgan fingerprint density at radius 3 is 2.40 bits per heavy atom. The Morgan fingerprint density at radius 2 is 1.73 bits per heavy atom. The Balaban J connectivity index is 1.45. The molecule has 0 aliphatic heterocycles. The van der Waals surface area contributed by atoms with Crippen LogP contribution >= 0.6 is 0 Å². The topological polar surface area (TPSA) is 109 Å². The van der Waals surface area contributed by atoms with Gasteiger partial charge in [-0.1, -0.05) is 36.8 Å². The summed E-state index contributed by atoms with van der Waals surface area (Å²) < 4.78 is 26.4. The molecule has 158 valence electrons. The first-order chi connectivity index (χ1) is 14.4. The highest BCUT2D eigenvalue weighted by Crippen LogP contribution is 2.20. The van der Waals surface area contributed by atoms with Gasteiger partial charge in [-0.15, -0.1) is 0 Å². The maximum absolute atomic E-state index is 12.6. The molecule has 0 aliphatic carbocycles. The van der Waals surface area contributed by atoms with Gasteiger partial charge >= 0.3 is 0 Å². The lowest BCUT2D eigenvalue weighted by molar-refractivity contribution is -0.384. The van der Waals surface area contributed by atoms with E-state index < -0.39 is 14.9 Å². The van der Waals surface area contributed by atoms with Gasteiger partial charge in [0.15, 0.2) is 0 Å². The molecular weight excluding hydrogens is 404 g/mol. The van der Waals surface area contributed by atoms with Gasteiger partial charge in [-0.2, -0.15) is 5.10 Å². The second-order valence-electron chi connectivity index (χ2n) is 7.03. The molecular formula is C21H24N4O4S. The zero-order valence-electron chi connectivity index (χ0n) is 16.7. The van der Waals surface area contributed by atoms with Crippen LogP contribution in [0.3, 0.4) is 0 Å². The van der Waals surface area contributed by atoms with Crippen molar-refractivity contribution in [3.63, 3.8) is 0 Å². The quantitative estimate of drug-likeness (QED) is 0.298. The highest BCUT2D eigenvalue weighted by molar-refractivity contribution is 7.89. The van der Waals surface area contributed by atoms with E-state index in [1.807, 2.05) is 36.4 Å². The number of hydrogen-bond acceptors (Lipinski definition) is 5. The molecule has 1 aromatic heterocycles. The van der Waals surface area contributed by atoms with Crippen molar-refractivity contribution in [3.8, 4) is 11.3 Å². The molecule has 8 nitrogen and oxygen atoms in total. The zero-order chi connectivity index (χ0) is 21.6. The third kappa shape index (κ3) is 5.31. The number of sulfonamides is 1. The monoisotopic (exact) mass is 428 g/mol. The number of nitrogens with zero attached hydrogens (tertiary/aromatic N) is 3.